The van der Waals surface area contributed by atoms with Gasteiger partial charge in [-0.3, -0.25) is 37.3 Å². The fourth-order valence-corrected chi connectivity index (χ4v) is 13.0. The van der Waals surface area contributed by atoms with Crippen molar-refractivity contribution in [2.75, 3.05) is 39.6 Å². The minimum atomic E-state index is -4.98. The normalized spacial score (nSPS) is 14.4. The van der Waals surface area contributed by atoms with Crippen molar-refractivity contribution < 1.29 is 80.2 Å². The summed E-state index contributed by atoms with van der Waals surface area (Å²) < 4.78 is 68.8. The zero-order chi connectivity index (χ0) is 77.4. The van der Waals surface area contributed by atoms with Crippen molar-refractivity contribution in [3.63, 3.8) is 0 Å². The number of hydrogen-bond donors (Lipinski definition) is 3. The van der Waals surface area contributed by atoms with Crippen LogP contribution in [-0.2, 0) is 65.4 Å². The molecule has 0 heterocycles. The Hall–Kier alpha value is -4.28. The Morgan fingerprint density at radius 2 is 0.491 bits per heavy atom. The standard InChI is InChI=1S/C87H152O17P2/c1-5-9-13-17-21-25-29-33-36-38-40-42-45-48-51-55-59-63-67-71-84(89)97-77-82(103-86(91)73-69-65-61-57-53-47-32-28-24-20-16-12-8-4)79-101-105(93,94)99-75-81(88)76-100-106(95,96)102-80-83(104-87(92)74-70-66-62-58-54-50-44-35-31-27-23-19-15-11-7-3)78-98-85(90)72-68-64-60-56-52-49-46-43-41-39-37-34-30-26-22-18-14-10-6-2/h9-10,13-14,21-22,25-26,28,32-34,36-37,40-43,81-83,88H,5-8,11-12,15-20,23-24,27,29-31,35,38-39,44-80H2,1-4H3,(H,93,94)(H,95,96)/b13-9-,14-10-,25-21-,26-22-,32-28-,36-33-,37-34-,42-40-,43-41-. The Labute approximate surface area is 645 Å². The first-order valence-electron chi connectivity index (χ1n) is 42.1. The van der Waals surface area contributed by atoms with Gasteiger partial charge in [-0.1, -0.05) is 317 Å². The Kier molecular flexibility index (Phi) is 75.6. The van der Waals surface area contributed by atoms with E-state index in [1.807, 2.05) is 0 Å². The second-order valence-corrected chi connectivity index (χ2v) is 30.9. The Balaban J connectivity index is 5.35. The van der Waals surface area contributed by atoms with Gasteiger partial charge < -0.3 is 33.8 Å². The lowest BCUT2D eigenvalue weighted by Crippen LogP contribution is -2.30. The second kappa shape index (κ2) is 78.8. The van der Waals surface area contributed by atoms with Crippen molar-refractivity contribution in [1.29, 1.82) is 0 Å². The summed E-state index contributed by atoms with van der Waals surface area (Å²) in [5.41, 5.74) is 0. The molecule has 17 nitrogen and oxygen atoms in total. The number of phosphoric acid groups is 2. The summed E-state index contributed by atoms with van der Waals surface area (Å²) >= 11 is 0. The van der Waals surface area contributed by atoms with E-state index in [0.717, 1.165) is 193 Å². The number of aliphatic hydroxyl groups is 1. The minimum Gasteiger partial charge on any atom is -0.462 e. The van der Waals surface area contributed by atoms with Crippen LogP contribution >= 0.6 is 15.6 Å². The van der Waals surface area contributed by atoms with Gasteiger partial charge in [-0.05, 0) is 128 Å². The molecule has 0 radical (unpaired) electrons. The van der Waals surface area contributed by atoms with E-state index in [-0.39, 0.29) is 25.7 Å². The van der Waals surface area contributed by atoms with Gasteiger partial charge in [0.1, 0.15) is 19.3 Å². The molecule has 0 fully saturated rings. The van der Waals surface area contributed by atoms with E-state index in [0.29, 0.717) is 25.7 Å². The number of esters is 4. The third-order valence-electron chi connectivity index (χ3n) is 17.7. The van der Waals surface area contributed by atoms with Gasteiger partial charge in [-0.25, -0.2) is 9.13 Å². The highest BCUT2D eigenvalue weighted by atomic mass is 31.2. The number of unbranched alkanes of at least 4 members (excludes halogenated alkanes) is 35. The molecule has 5 unspecified atom stereocenters. The second-order valence-electron chi connectivity index (χ2n) is 28.0. The van der Waals surface area contributed by atoms with Gasteiger partial charge in [-0.15, -0.1) is 0 Å². The molecule has 106 heavy (non-hydrogen) atoms. The van der Waals surface area contributed by atoms with Crippen molar-refractivity contribution in [2.45, 2.75) is 380 Å². The van der Waals surface area contributed by atoms with Crippen LogP contribution in [0.3, 0.4) is 0 Å². The first-order chi connectivity index (χ1) is 51.7. The predicted octanol–water partition coefficient (Wildman–Crippen LogP) is 24.9. The number of ether oxygens (including phenoxy) is 4. The number of rotatable bonds is 79. The molecule has 0 aromatic rings. The van der Waals surface area contributed by atoms with Gasteiger partial charge >= 0.3 is 39.5 Å². The molecule has 0 spiro atoms. The average molecular weight is 1530 g/mol. The van der Waals surface area contributed by atoms with Gasteiger partial charge in [0.05, 0.1) is 26.4 Å². The molecule has 0 bridgehead atoms. The summed E-state index contributed by atoms with van der Waals surface area (Å²) in [7, 11) is -9.97. The molecule has 0 saturated carbocycles. The van der Waals surface area contributed by atoms with Crippen LogP contribution in [0.15, 0.2) is 109 Å². The van der Waals surface area contributed by atoms with E-state index in [4.69, 9.17) is 37.0 Å². The zero-order valence-corrected chi connectivity index (χ0v) is 68.9. The summed E-state index contributed by atoms with van der Waals surface area (Å²) in [6.45, 7) is 4.66. The zero-order valence-electron chi connectivity index (χ0n) is 67.1. The third kappa shape index (κ3) is 77.9. The number of allylic oxidation sites excluding steroid dienone is 18. The maximum absolute atomic E-state index is 13.1. The summed E-state index contributed by atoms with van der Waals surface area (Å²) in [5, 5.41) is 10.7. The van der Waals surface area contributed by atoms with Crippen molar-refractivity contribution >= 4 is 39.5 Å². The molecule has 0 amide bonds. The fourth-order valence-electron chi connectivity index (χ4n) is 11.4. The van der Waals surface area contributed by atoms with Crippen LogP contribution in [0.25, 0.3) is 0 Å². The fraction of sp³-hybridized carbons (Fsp3) is 0.747. The minimum absolute atomic E-state index is 0.0815. The van der Waals surface area contributed by atoms with E-state index in [1.165, 1.54) is 89.9 Å². The Morgan fingerprint density at radius 3 is 0.774 bits per heavy atom. The largest absolute Gasteiger partial charge is 0.472 e. The number of hydrogen-bond acceptors (Lipinski definition) is 15. The third-order valence-corrected chi connectivity index (χ3v) is 19.6. The molecule has 0 aromatic heterocycles. The molecule has 19 heteroatoms. The molecule has 612 valence electrons. The van der Waals surface area contributed by atoms with Crippen LogP contribution in [0.1, 0.15) is 362 Å². The molecule has 0 aliphatic carbocycles. The van der Waals surface area contributed by atoms with Crippen LogP contribution in [0.2, 0.25) is 0 Å². The molecule has 0 saturated heterocycles. The SMILES string of the molecule is CC/C=C\C/C=C\C/C=C\C/C=C\CCCCCCCCC(=O)OCC(COP(=O)(O)OCC(O)COP(=O)(O)OCC(COC(=O)CCCCCCCC/C=C\C/C=C\C/C=C\C/C=C\CC)OC(=O)CCCCCCCCCCCCCCCCC)OC(=O)CCCCCCC/C=C\CCCCCC. The Morgan fingerprint density at radius 1 is 0.274 bits per heavy atom. The number of aliphatic hydroxyl groups excluding tert-OH is 1. The van der Waals surface area contributed by atoms with E-state index in [9.17, 15) is 43.2 Å². The van der Waals surface area contributed by atoms with Crippen molar-refractivity contribution in [3.05, 3.63) is 109 Å². The maximum Gasteiger partial charge on any atom is 0.472 e. The summed E-state index contributed by atoms with van der Waals surface area (Å²) in [6, 6.07) is 0. The maximum atomic E-state index is 13.1. The summed E-state index contributed by atoms with van der Waals surface area (Å²) in [4.78, 5) is 73.2. The number of carbonyl (C=O) groups excluding carboxylic acids is 4. The molecular weight excluding hydrogens is 1380 g/mol. The predicted molar refractivity (Wildman–Crippen MR) is 436 cm³/mol. The van der Waals surface area contributed by atoms with E-state index in [2.05, 4.69) is 137 Å². The lowest BCUT2D eigenvalue weighted by Gasteiger charge is -2.21. The Bertz CT molecular complexity index is 2430. The molecule has 0 aromatic carbocycles. The van der Waals surface area contributed by atoms with E-state index >= 15 is 0 Å². The topological polar surface area (TPSA) is 237 Å². The molecule has 0 aliphatic rings. The average Bonchev–Trinajstić information content (AvgIpc) is 0.901. The molecule has 0 rings (SSSR count). The highest BCUT2D eigenvalue weighted by molar-refractivity contribution is 7.47. The van der Waals surface area contributed by atoms with Crippen molar-refractivity contribution in [3.8, 4) is 0 Å². The van der Waals surface area contributed by atoms with E-state index < -0.39 is 97.5 Å². The monoisotopic (exact) mass is 1530 g/mol. The molecule has 0 aliphatic heterocycles. The highest BCUT2D eigenvalue weighted by Crippen LogP contribution is 2.45. The summed E-state index contributed by atoms with van der Waals surface area (Å²) in [6.07, 6.45) is 86.2. The van der Waals surface area contributed by atoms with Crippen molar-refractivity contribution in [1.82, 2.24) is 0 Å². The van der Waals surface area contributed by atoms with Gasteiger partial charge in [0.15, 0.2) is 12.2 Å². The summed E-state index contributed by atoms with van der Waals surface area (Å²) in [5.74, 6) is -2.19. The van der Waals surface area contributed by atoms with Crippen molar-refractivity contribution in [2.24, 2.45) is 0 Å². The number of carbonyl (C=O) groups is 4. The molecule has 3 N–H and O–H groups in total. The molecular formula is C87H152O17P2. The highest BCUT2D eigenvalue weighted by Gasteiger charge is 2.30. The lowest BCUT2D eigenvalue weighted by atomic mass is 10.0. The van der Waals surface area contributed by atoms with Crippen LogP contribution in [0.4, 0.5) is 0 Å². The molecule has 5 atom stereocenters. The number of phosphoric ester groups is 2. The first kappa shape index (κ1) is 102. The van der Waals surface area contributed by atoms with Gasteiger partial charge in [0.2, 0.25) is 0 Å². The smallest absolute Gasteiger partial charge is 0.462 e. The van der Waals surface area contributed by atoms with E-state index in [1.54, 1.807) is 0 Å². The van der Waals surface area contributed by atoms with Gasteiger partial charge in [0.25, 0.3) is 0 Å². The van der Waals surface area contributed by atoms with Crippen LogP contribution < -0.4 is 0 Å². The quantitative estimate of drug-likeness (QED) is 0.0169. The van der Waals surface area contributed by atoms with Crippen LogP contribution in [0.5, 0.6) is 0 Å². The van der Waals surface area contributed by atoms with Crippen LogP contribution in [0, 0.1) is 0 Å². The van der Waals surface area contributed by atoms with Crippen LogP contribution in [-0.4, -0.2) is 96.7 Å². The first-order valence-corrected chi connectivity index (χ1v) is 45.1. The van der Waals surface area contributed by atoms with Gasteiger partial charge in [0, 0.05) is 25.7 Å². The van der Waals surface area contributed by atoms with Gasteiger partial charge in [-0.2, -0.15) is 0 Å². The lowest BCUT2D eigenvalue weighted by molar-refractivity contribution is -0.161.